The third kappa shape index (κ3) is 3.76. The summed E-state index contributed by atoms with van der Waals surface area (Å²) in [6.45, 7) is 4.14. The Morgan fingerprint density at radius 1 is 1.25 bits per heavy atom. The fourth-order valence-corrected chi connectivity index (χ4v) is 2.21. The van der Waals surface area contributed by atoms with Gasteiger partial charge in [-0.15, -0.1) is 11.8 Å². The van der Waals surface area contributed by atoms with Gasteiger partial charge in [-0.2, -0.15) is 0 Å². The van der Waals surface area contributed by atoms with Crippen molar-refractivity contribution in [3.8, 4) is 0 Å². The SMILES string of the molecule is CC(C)Sc1ccc(C(F)(F)CCN)cc1. The number of hydrogen-bond acceptors (Lipinski definition) is 2. The first-order valence-corrected chi connectivity index (χ1v) is 6.19. The molecule has 0 bridgehead atoms. The number of benzene rings is 1. The van der Waals surface area contributed by atoms with Crippen LogP contribution in [0, 0.1) is 0 Å². The highest BCUT2D eigenvalue weighted by Crippen LogP contribution is 2.32. The molecule has 4 heteroatoms. The molecule has 1 rings (SSSR count). The van der Waals surface area contributed by atoms with Crippen molar-refractivity contribution < 1.29 is 8.78 Å². The molecule has 0 unspecified atom stereocenters. The summed E-state index contributed by atoms with van der Waals surface area (Å²) in [6, 6.07) is 6.45. The second-order valence-electron chi connectivity index (χ2n) is 3.93. The van der Waals surface area contributed by atoms with Crippen LogP contribution in [0.2, 0.25) is 0 Å². The highest BCUT2D eigenvalue weighted by Gasteiger charge is 2.29. The van der Waals surface area contributed by atoms with E-state index in [-0.39, 0.29) is 18.5 Å². The number of nitrogens with two attached hydrogens (primary N) is 1. The van der Waals surface area contributed by atoms with Crippen LogP contribution in [0.1, 0.15) is 25.8 Å². The first-order valence-electron chi connectivity index (χ1n) is 5.31. The van der Waals surface area contributed by atoms with Crippen LogP contribution in [0.3, 0.4) is 0 Å². The van der Waals surface area contributed by atoms with E-state index in [1.54, 1.807) is 23.9 Å². The van der Waals surface area contributed by atoms with E-state index in [1.807, 2.05) is 0 Å². The van der Waals surface area contributed by atoms with Gasteiger partial charge in [-0.05, 0) is 18.7 Å². The highest BCUT2D eigenvalue weighted by molar-refractivity contribution is 7.99. The summed E-state index contributed by atoms with van der Waals surface area (Å²) in [5, 5.41) is 0.454. The first kappa shape index (κ1) is 13.5. The third-order valence-corrected chi connectivity index (χ3v) is 3.12. The molecule has 0 aromatic heterocycles. The molecule has 0 aliphatic rings. The molecular formula is C12H17F2NS. The van der Waals surface area contributed by atoms with Gasteiger partial charge in [0.15, 0.2) is 0 Å². The minimum absolute atomic E-state index is 0.00447. The number of hydrogen-bond donors (Lipinski definition) is 1. The maximum atomic E-state index is 13.5. The highest BCUT2D eigenvalue weighted by atomic mass is 32.2. The maximum absolute atomic E-state index is 13.5. The Bertz CT molecular complexity index is 322. The van der Waals surface area contributed by atoms with Crippen molar-refractivity contribution in [2.75, 3.05) is 6.54 Å². The molecular weight excluding hydrogens is 228 g/mol. The zero-order chi connectivity index (χ0) is 12.2. The van der Waals surface area contributed by atoms with E-state index in [9.17, 15) is 8.78 Å². The van der Waals surface area contributed by atoms with Crippen LogP contribution in [0.5, 0.6) is 0 Å². The van der Waals surface area contributed by atoms with Gasteiger partial charge in [-0.3, -0.25) is 0 Å². The smallest absolute Gasteiger partial charge is 0.274 e. The minimum atomic E-state index is -2.81. The molecule has 0 aliphatic carbocycles. The Morgan fingerprint density at radius 3 is 2.25 bits per heavy atom. The summed E-state index contributed by atoms with van der Waals surface area (Å²) >= 11 is 1.66. The van der Waals surface area contributed by atoms with Gasteiger partial charge in [0.25, 0.3) is 5.92 Å². The molecule has 0 heterocycles. The Kier molecular flexibility index (Phi) is 4.74. The number of rotatable bonds is 5. The predicted octanol–water partition coefficient (Wildman–Crippen LogP) is 3.63. The monoisotopic (exact) mass is 245 g/mol. The van der Waals surface area contributed by atoms with Gasteiger partial charge in [-0.25, -0.2) is 8.78 Å². The molecule has 0 spiro atoms. The van der Waals surface area contributed by atoms with Crippen LogP contribution in [-0.4, -0.2) is 11.8 Å². The van der Waals surface area contributed by atoms with Crippen LogP contribution >= 0.6 is 11.8 Å². The fourth-order valence-electron chi connectivity index (χ4n) is 1.38. The summed E-state index contributed by atoms with van der Waals surface area (Å²) in [5.41, 5.74) is 5.21. The molecule has 0 aliphatic heterocycles. The summed E-state index contributed by atoms with van der Waals surface area (Å²) in [7, 11) is 0. The third-order valence-electron chi connectivity index (χ3n) is 2.11. The lowest BCUT2D eigenvalue weighted by atomic mass is 10.1. The molecule has 1 aromatic carbocycles. The van der Waals surface area contributed by atoms with E-state index in [4.69, 9.17) is 5.73 Å². The van der Waals surface area contributed by atoms with Crippen molar-refractivity contribution in [3.05, 3.63) is 29.8 Å². The Labute approximate surface area is 99.4 Å². The zero-order valence-corrected chi connectivity index (χ0v) is 10.4. The van der Waals surface area contributed by atoms with E-state index in [1.165, 1.54) is 12.1 Å². The normalized spacial score (nSPS) is 12.1. The van der Waals surface area contributed by atoms with Crippen LogP contribution in [0.15, 0.2) is 29.2 Å². The van der Waals surface area contributed by atoms with Gasteiger partial charge in [-0.1, -0.05) is 26.0 Å². The Morgan fingerprint density at radius 2 is 1.81 bits per heavy atom. The fraction of sp³-hybridized carbons (Fsp3) is 0.500. The molecule has 0 amide bonds. The molecule has 0 saturated heterocycles. The molecule has 16 heavy (non-hydrogen) atoms. The van der Waals surface area contributed by atoms with E-state index < -0.39 is 5.92 Å². The second kappa shape index (κ2) is 5.64. The lowest BCUT2D eigenvalue weighted by Crippen LogP contribution is -2.18. The topological polar surface area (TPSA) is 26.0 Å². The van der Waals surface area contributed by atoms with Crippen molar-refractivity contribution in [2.24, 2.45) is 5.73 Å². The van der Waals surface area contributed by atoms with E-state index >= 15 is 0 Å². The molecule has 1 aromatic rings. The van der Waals surface area contributed by atoms with Crippen LogP contribution in [0.4, 0.5) is 8.78 Å². The largest absolute Gasteiger partial charge is 0.330 e. The molecule has 90 valence electrons. The number of thioether (sulfide) groups is 1. The van der Waals surface area contributed by atoms with Gasteiger partial charge in [0.2, 0.25) is 0 Å². The summed E-state index contributed by atoms with van der Waals surface area (Å²) in [6.07, 6.45) is -0.302. The van der Waals surface area contributed by atoms with Crippen LogP contribution < -0.4 is 5.73 Å². The van der Waals surface area contributed by atoms with Gasteiger partial charge in [0.1, 0.15) is 0 Å². The molecule has 0 fully saturated rings. The predicted molar refractivity (Wildman–Crippen MR) is 65.0 cm³/mol. The number of alkyl halides is 2. The standard InChI is InChI=1S/C12H17F2NS/c1-9(2)16-11-5-3-10(4-6-11)12(13,14)7-8-15/h3-6,9H,7-8,15H2,1-2H3. The molecule has 0 radical (unpaired) electrons. The lowest BCUT2D eigenvalue weighted by Gasteiger charge is -2.16. The van der Waals surface area contributed by atoms with Crippen molar-refractivity contribution >= 4 is 11.8 Å². The Hall–Kier alpha value is -0.610. The lowest BCUT2D eigenvalue weighted by molar-refractivity contribution is -0.0107. The van der Waals surface area contributed by atoms with Gasteiger partial charge in [0.05, 0.1) is 0 Å². The average molecular weight is 245 g/mol. The summed E-state index contributed by atoms with van der Waals surface area (Å²) in [4.78, 5) is 1.02. The van der Waals surface area contributed by atoms with E-state index in [0.717, 1.165) is 4.90 Å². The quantitative estimate of drug-likeness (QED) is 0.802. The average Bonchev–Trinajstić information content (AvgIpc) is 2.17. The van der Waals surface area contributed by atoms with E-state index in [0.29, 0.717) is 5.25 Å². The number of halogens is 2. The van der Waals surface area contributed by atoms with Gasteiger partial charge < -0.3 is 5.73 Å². The van der Waals surface area contributed by atoms with Crippen LogP contribution in [0.25, 0.3) is 0 Å². The second-order valence-corrected chi connectivity index (χ2v) is 5.58. The molecule has 0 atom stereocenters. The van der Waals surface area contributed by atoms with Crippen molar-refractivity contribution in [1.82, 2.24) is 0 Å². The summed E-state index contributed by atoms with van der Waals surface area (Å²) in [5.74, 6) is -2.81. The van der Waals surface area contributed by atoms with Crippen molar-refractivity contribution in [1.29, 1.82) is 0 Å². The first-order chi connectivity index (χ1) is 7.45. The maximum Gasteiger partial charge on any atom is 0.274 e. The minimum Gasteiger partial charge on any atom is -0.330 e. The Balaban J connectivity index is 2.78. The van der Waals surface area contributed by atoms with Crippen molar-refractivity contribution in [3.63, 3.8) is 0 Å². The summed E-state index contributed by atoms with van der Waals surface area (Å²) < 4.78 is 26.9. The zero-order valence-electron chi connectivity index (χ0n) is 9.54. The van der Waals surface area contributed by atoms with Gasteiger partial charge in [0, 0.05) is 22.1 Å². The molecule has 2 N–H and O–H groups in total. The van der Waals surface area contributed by atoms with Crippen molar-refractivity contribution in [2.45, 2.75) is 36.3 Å². The molecule has 0 saturated carbocycles. The molecule has 1 nitrogen and oxygen atoms in total. The van der Waals surface area contributed by atoms with E-state index in [2.05, 4.69) is 13.8 Å². The van der Waals surface area contributed by atoms with Gasteiger partial charge >= 0.3 is 0 Å². The van der Waals surface area contributed by atoms with Crippen LogP contribution in [-0.2, 0) is 5.92 Å².